The number of hydrogen-bond donors (Lipinski definition) is 1. The van der Waals surface area contributed by atoms with Gasteiger partial charge in [-0.05, 0) is 24.6 Å². The molecule has 0 spiro atoms. The van der Waals surface area contributed by atoms with Crippen LogP contribution in [0.3, 0.4) is 0 Å². The van der Waals surface area contributed by atoms with E-state index in [1.54, 1.807) is 11.9 Å². The summed E-state index contributed by atoms with van der Waals surface area (Å²) in [6.45, 7) is 3.82. The number of amides is 2. The molecule has 0 unspecified atom stereocenters. The average Bonchev–Trinajstić information content (AvgIpc) is 3.36. The van der Waals surface area contributed by atoms with Crippen LogP contribution in [0.15, 0.2) is 57.3 Å². The van der Waals surface area contributed by atoms with E-state index in [4.69, 9.17) is 4.42 Å². The summed E-state index contributed by atoms with van der Waals surface area (Å²) in [5, 5.41) is 13.0. The van der Waals surface area contributed by atoms with Gasteiger partial charge in [-0.3, -0.25) is 9.59 Å². The van der Waals surface area contributed by atoms with Crippen LogP contribution in [-0.2, 0) is 17.1 Å². The monoisotopic (exact) mass is 466 g/mol. The van der Waals surface area contributed by atoms with Crippen LogP contribution in [0.25, 0.3) is 11.0 Å². The Labute approximate surface area is 193 Å². The van der Waals surface area contributed by atoms with Gasteiger partial charge >= 0.3 is 0 Å². The highest BCUT2D eigenvalue weighted by Gasteiger charge is 2.22. The molecule has 7 nitrogen and oxygen atoms in total. The highest BCUT2D eigenvalue weighted by atomic mass is 32.2. The molecule has 2 amide bonds. The van der Waals surface area contributed by atoms with Crippen molar-refractivity contribution in [1.82, 2.24) is 15.1 Å². The van der Waals surface area contributed by atoms with Crippen molar-refractivity contribution in [2.75, 3.05) is 12.4 Å². The number of aryl methyl sites for hydroxylation is 1. The van der Waals surface area contributed by atoms with Gasteiger partial charge in [-0.1, -0.05) is 59.5 Å². The minimum Gasteiger partial charge on any atom is -0.451 e. The summed E-state index contributed by atoms with van der Waals surface area (Å²) >= 11 is 3.05. The van der Waals surface area contributed by atoms with E-state index in [0.717, 1.165) is 25.9 Å². The summed E-state index contributed by atoms with van der Waals surface area (Å²) in [5.41, 5.74) is 2.96. The molecular formula is C23H22N4O3S2. The zero-order valence-corrected chi connectivity index (χ0v) is 19.5. The number of aromatic nitrogens is 2. The van der Waals surface area contributed by atoms with Gasteiger partial charge in [0.15, 0.2) is 10.1 Å². The Bertz CT molecular complexity index is 1280. The second kappa shape index (κ2) is 9.54. The highest BCUT2D eigenvalue weighted by Crippen LogP contribution is 2.33. The maximum Gasteiger partial charge on any atom is 0.291 e. The van der Waals surface area contributed by atoms with Crippen molar-refractivity contribution >= 4 is 51.6 Å². The molecule has 0 bridgehead atoms. The number of nitrogens with one attached hydrogen (secondary N) is 1. The van der Waals surface area contributed by atoms with E-state index in [1.807, 2.05) is 55.5 Å². The molecule has 0 aliphatic heterocycles. The van der Waals surface area contributed by atoms with Gasteiger partial charge in [0.1, 0.15) is 10.6 Å². The standard InChI is InChI=1S/C23H22N4O3S2/c1-14-25-26-23(32-14)31-13-18-17-9-5-7-11-20(17)30-21(18)22(29)24-19-10-6-4-8-16(19)12-27(3)15(2)28/h4-11H,12-13H2,1-3H3,(H,24,29). The number of rotatable bonds is 7. The first-order valence-electron chi connectivity index (χ1n) is 9.96. The number of thioether (sulfide) groups is 1. The first-order valence-corrected chi connectivity index (χ1v) is 11.8. The number of nitrogens with zero attached hydrogens (tertiary/aromatic N) is 3. The van der Waals surface area contributed by atoms with Gasteiger partial charge in [0.05, 0.1) is 0 Å². The molecule has 32 heavy (non-hydrogen) atoms. The Morgan fingerprint density at radius 3 is 2.62 bits per heavy atom. The molecule has 2 aromatic heterocycles. The largest absolute Gasteiger partial charge is 0.451 e. The van der Waals surface area contributed by atoms with E-state index < -0.39 is 0 Å². The molecule has 2 heterocycles. The number of para-hydroxylation sites is 2. The van der Waals surface area contributed by atoms with Crippen molar-refractivity contribution in [3.05, 3.63) is 70.4 Å². The van der Waals surface area contributed by atoms with Gasteiger partial charge in [0.25, 0.3) is 5.91 Å². The number of fused-ring (bicyclic) bond motifs is 1. The van der Waals surface area contributed by atoms with Crippen LogP contribution in [0.2, 0.25) is 0 Å². The third kappa shape index (κ3) is 4.84. The van der Waals surface area contributed by atoms with Gasteiger partial charge in [-0.15, -0.1) is 10.2 Å². The van der Waals surface area contributed by atoms with Crippen molar-refractivity contribution in [2.45, 2.75) is 30.5 Å². The van der Waals surface area contributed by atoms with Crippen molar-refractivity contribution < 1.29 is 14.0 Å². The summed E-state index contributed by atoms with van der Waals surface area (Å²) in [4.78, 5) is 26.5. The number of carbonyl (C=O) groups excluding carboxylic acids is 2. The van der Waals surface area contributed by atoms with E-state index in [0.29, 0.717) is 23.6 Å². The lowest BCUT2D eigenvalue weighted by molar-refractivity contribution is -0.128. The second-order valence-corrected chi connectivity index (χ2v) is 9.67. The molecule has 2 aromatic carbocycles. The third-order valence-electron chi connectivity index (χ3n) is 4.96. The van der Waals surface area contributed by atoms with E-state index in [-0.39, 0.29) is 17.6 Å². The number of anilines is 1. The maximum absolute atomic E-state index is 13.3. The fraction of sp³-hybridized carbons (Fsp3) is 0.217. The molecule has 9 heteroatoms. The Morgan fingerprint density at radius 1 is 1.12 bits per heavy atom. The molecule has 0 fully saturated rings. The van der Waals surface area contributed by atoms with E-state index in [9.17, 15) is 9.59 Å². The molecule has 1 N–H and O–H groups in total. The van der Waals surface area contributed by atoms with Crippen LogP contribution < -0.4 is 5.32 Å². The number of carbonyl (C=O) groups is 2. The Hall–Kier alpha value is -3.17. The van der Waals surface area contributed by atoms with E-state index in [2.05, 4.69) is 15.5 Å². The third-order valence-corrected chi connectivity index (χ3v) is 6.96. The number of furan rings is 1. The van der Waals surface area contributed by atoms with Crippen molar-refractivity contribution in [3.63, 3.8) is 0 Å². The topological polar surface area (TPSA) is 88.3 Å². The van der Waals surface area contributed by atoms with Crippen LogP contribution in [0, 0.1) is 6.92 Å². The lowest BCUT2D eigenvalue weighted by Crippen LogP contribution is -2.24. The Kier molecular flexibility index (Phi) is 6.57. The van der Waals surface area contributed by atoms with Gasteiger partial charge in [-0.2, -0.15) is 0 Å². The molecular weight excluding hydrogens is 444 g/mol. The van der Waals surface area contributed by atoms with Crippen LogP contribution in [0.4, 0.5) is 5.69 Å². The lowest BCUT2D eigenvalue weighted by atomic mass is 10.1. The van der Waals surface area contributed by atoms with Crippen LogP contribution >= 0.6 is 23.1 Å². The smallest absolute Gasteiger partial charge is 0.291 e. The van der Waals surface area contributed by atoms with Crippen LogP contribution in [0.1, 0.15) is 33.6 Å². The SMILES string of the molecule is CC(=O)N(C)Cc1ccccc1NC(=O)c1oc2ccccc2c1CSc1nnc(C)s1. The normalized spacial score (nSPS) is 11.0. The average molecular weight is 467 g/mol. The zero-order valence-electron chi connectivity index (χ0n) is 17.9. The van der Waals surface area contributed by atoms with Crippen molar-refractivity contribution in [3.8, 4) is 0 Å². The maximum atomic E-state index is 13.3. The fourth-order valence-electron chi connectivity index (χ4n) is 3.22. The van der Waals surface area contributed by atoms with Gasteiger partial charge in [0, 0.05) is 42.9 Å². The van der Waals surface area contributed by atoms with E-state index >= 15 is 0 Å². The molecule has 0 saturated carbocycles. The first kappa shape index (κ1) is 22.0. The van der Waals surface area contributed by atoms with Gasteiger partial charge in [-0.25, -0.2) is 0 Å². The molecule has 4 rings (SSSR count). The molecule has 0 aliphatic carbocycles. The van der Waals surface area contributed by atoms with Crippen molar-refractivity contribution in [1.29, 1.82) is 0 Å². The summed E-state index contributed by atoms with van der Waals surface area (Å²) < 4.78 is 6.81. The molecule has 164 valence electrons. The molecule has 4 aromatic rings. The Balaban J connectivity index is 1.62. The number of hydrogen-bond acceptors (Lipinski definition) is 7. The zero-order chi connectivity index (χ0) is 22.7. The Morgan fingerprint density at radius 2 is 1.88 bits per heavy atom. The van der Waals surface area contributed by atoms with Gasteiger partial charge in [0.2, 0.25) is 5.91 Å². The minimum atomic E-state index is -0.330. The van der Waals surface area contributed by atoms with E-state index in [1.165, 1.54) is 30.0 Å². The van der Waals surface area contributed by atoms with Gasteiger partial charge < -0.3 is 14.6 Å². The molecule has 0 atom stereocenters. The second-order valence-electron chi connectivity index (χ2n) is 7.27. The summed E-state index contributed by atoms with van der Waals surface area (Å²) in [5.74, 6) is 0.427. The molecule has 0 radical (unpaired) electrons. The summed E-state index contributed by atoms with van der Waals surface area (Å²) in [6.07, 6.45) is 0. The fourth-order valence-corrected chi connectivity index (χ4v) is 5.07. The first-order chi connectivity index (χ1) is 15.4. The summed E-state index contributed by atoms with van der Waals surface area (Å²) in [7, 11) is 1.73. The van der Waals surface area contributed by atoms with Crippen molar-refractivity contribution in [2.24, 2.45) is 0 Å². The highest BCUT2D eigenvalue weighted by molar-refractivity contribution is 8.00. The quantitative estimate of drug-likeness (QED) is 0.381. The predicted octanol–water partition coefficient (Wildman–Crippen LogP) is 5.12. The number of benzene rings is 2. The predicted molar refractivity (Wildman–Crippen MR) is 127 cm³/mol. The minimum absolute atomic E-state index is 0.0466. The summed E-state index contributed by atoms with van der Waals surface area (Å²) in [6, 6.07) is 15.1. The molecule has 0 saturated heterocycles. The molecule has 0 aliphatic rings. The van der Waals surface area contributed by atoms with Crippen LogP contribution in [0.5, 0.6) is 0 Å². The lowest BCUT2D eigenvalue weighted by Gasteiger charge is -2.17. The van der Waals surface area contributed by atoms with Crippen LogP contribution in [-0.4, -0.2) is 34.0 Å².